The van der Waals surface area contributed by atoms with Crippen molar-refractivity contribution >= 4 is 23.4 Å². The Labute approximate surface area is 167 Å². The summed E-state index contributed by atoms with van der Waals surface area (Å²) in [5, 5.41) is 11.9. The minimum absolute atomic E-state index is 0.137. The Morgan fingerprint density at radius 3 is 2.71 bits per heavy atom. The van der Waals surface area contributed by atoms with Gasteiger partial charge in [0.1, 0.15) is 5.82 Å². The number of nitrogens with one attached hydrogen (secondary N) is 1. The van der Waals surface area contributed by atoms with Crippen LogP contribution in [0, 0.1) is 19.7 Å². The second kappa shape index (κ2) is 8.84. The minimum atomic E-state index is -0.348. The predicted molar refractivity (Wildman–Crippen MR) is 111 cm³/mol. The molecule has 1 heterocycles. The Morgan fingerprint density at radius 2 is 2.00 bits per heavy atom. The first-order valence-electron chi connectivity index (χ1n) is 8.78. The van der Waals surface area contributed by atoms with Gasteiger partial charge in [0.2, 0.25) is 5.91 Å². The second-order valence-electron chi connectivity index (χ2n) is 6.32. The van der Waals surface area contributed by atoms with Crippen molar-refractivity contribution in [3.8, 4) is 11.4 Å². The number of carbonyl (C=O) groups is 1. The summed E-state index contributed by atoms with van der Waals surface area (Å²) in [6, 6.07) is 12.6. The van der Waals surface area contributed by atoms with Gasteiger partial charge in [0.25, 0.3) is 0 Å². The highest BCUT2D eigenvalue weighted by Crippen LogP contribution is 2.26. The number of anilines is 1. The van der Waals surface area contributed by atoms with Crippen molar-refractivity contribution in [3.63, 3.8) is 0 Å². The van der Waals surface area contributed by atoms with E-state index < -0.39 is 0 Å². The molecule has 0 saturated carbocycles. The summed E-state index contributed by atoms with van der Waals surface area (Å²) >= 11 is 1.28. The highest BCUT2D eigenvalue weighted by Gasteiger charge is 2.16. The predicted octanol–water partition coefficient (Wildman–Crippen LogP) is 4.62. The lowest BCUT2D eigenvalue weighted by molar-refractivity contribution is -0.113. The topological polar surface area (TPSA) is 59.8 Å². The first-order chi connectivity index (χ1) is 13.5. The maximum Gasteiger partial charge on any atom is 0.234 e. The molecule has 3 aromatic rings. The van der Waals surface area contributed by atoms with Crippen molar-refractivity contribution < 1.29 is 9.18 Å². The third-order valence-corrected chi connectivity index (χ3v) is 5.17. The summed E-state index contributed by atoms with van der Waals surface area (Å²) in [5.74, 6) is 0.290. The Hall–Kier alpha value is -2.93. The second-order valence-corrected chi connectivity index (χ2v) is 7.26. The molecule has 0 aliphatic heterocycles. The van der Waals surface area contributed by atoms with E-state index >= 15 is 0 Å². The summed E-state index contributed by atoms with van der Waals surface area (Å²) < 4.78 is 15.6. The quantitative estimate of drug-likeness (QED) is 0.468. The van der Waals surface area contributed by atoms with E-state index in [2.05, 4.69) is 22.1 Å². The number of aromatic nitrogens is 3. The van der Waals surface area contributed by atoms with Crippen LogP contribution in [0.4, 0.5) is 10.1 Å². The molecule has 0 aliphatic rings. The Kier molecular flexibility index (Phi) is 6.26. The first-order valence-corrected chi connectivity index (χ1v) is 9.77. The van der Waals surface area contributed by atoms with E-state index in [9.17, 15) is 9.18 Å². The van der Waals surface area contributed by atoms with Crippen LogP contribution in [0.15, 0.2) is 60.3 Å². The molecule has 0 aliphatic carbocycles. The van der Waals surface area contributed by atoms with Crippen molar-refractivity contribution in [1.29, 1.82) is 0 Å². The van der Waals surface area contributed by atoms with Gasteiger partial charge in [0.05, 0.1) is 5.75 Å². The molecule has 144 valence electrons. The van der Waals surface area contributed by atoms with Crippen LogP contribution in [-0.4, -0.2) is 26.4 Å². The minimum Gasteiger partial charge on any atom is -0.325 e. The van der Waals surface area contributed by atoms with Gasteiger partial charge < -0.3 is 5.32 Å². The standard InChI is InChI=1S/C21H21FN4OS/c1-4-11-26-20(17-8-6-5-7-14(17)2)24-25-21(26)28-13-19(27)23-16-10-9-15(3)18(22)12-16/h4-10,12H,1,11,13H2,2-3H3,(H,23,27). The molecule has 5 nitrogen and oxygen atoms in total. The maximum absolute atomic E-state index is 13.6. The van der Waals surface area contributed by atoms with Gasteiger partial charge in [-0.05, 0) is 37.1 Å². The van der Waals surface area contributed by atoms with Gasteiger partial charge >= 0.3 is 0 Å². The van der Waals surface area contributed by atoms with Gasteiger partial charge in [0.15, 0.2) is 11.0 Å². The molecule has 2 aromatic carbocycles. The van der Waals surface area contributed by atoms with E-state index in [1.54, 1.807) is 25.1 Å². The molecule has 0 bridgehead atoms. The molecule has 0 radical (unpaired) electrons. The third-order valence-electron chi connectivity index (χ3n) is 4.20. The molecule has 0 saturated heterocycles. The summed E-state index contributed by atoms with van der Waals surface area (Å²) in [5.41, 5.74) is 3.05. The number of rotatable bonds is 7. The summed E-state index contributed by atoms with van der Waals surface area (Å²) in [6.45, 7) is 8.02. The molecule has 1 amide bonds. The molecular formula is C21H21FN4OS. The maximum atomic E-state index is 13.6. The van der Waals surface area contributed by atoms with E-state index in [4.69, 9.17) is 0 Å². The Morgan fingerprint density at radius 1 is 1.21 bits per heavy atom. The van der Waals surface area contributed by atoms with E-state index in [1.807, 2.05) is 35.8 Å². The molecule has 1 aromatic heterocycles. The van der Waals surface area contributed by atoms with Gasteiger partial charge in [-0.25, -0.2) is 4.39 Å². The Bertz CT molecular complexity index is 1020. The number of hydrogen-bond donors (Lipinski definition) is 1. The summed E-state index contributed by atoms with van der Waals surface area (Å²) in [4.78, 5) is 12.3. The van der Waals surface area contributed by atoms with E-state index in [-0.39, 0.29) is 17.5 Å². The zero-order chi connectivity index (χ0) is 20.1. The molecular weight excluding hydrogens is 375 g/mol. The molecule has 0 fully saturated rings. The number of benzene rings is 2. The van der Waals surface area contributed by atoms with Gasteiger partial charge in [-0.2, -0.15) is 0 Å². The monoisotopic (exact) mass is 396 g/mol. The number of allylic oxidation sites excluding steroid dienone is 1. The highest BCUT2D eigenvalue weighted by atomic mass is 32.2. The largest absolute Gasteiger partial charge is 0.325 e. The highest BCUT2D eigenvalue weighted by molar-refractivity contribution is 7.99. The molecule has 0 atom stereocenters. The number of hydrogen-bond acceptors (Lipinski definition) is 4. The van der Waals surface area contributed by atoms with Crippen LogP contribution in [0.1, 0.15) is 11.1 Å². The zero-order valence-electron chi connectivity index (χ0n) is 15.8. The SMILES string of the molecule is C=CCn1c(SCC(=O)Nc2ccc(C)c(F)c2)nnc1-c1ccccc1C. The fourth-order valence-corrected chi connectivity index (χ4v) is 3.46. The lowest BCUT2D eigenvalue weighted by Crippen LogP contribution is -2.15. The molecule has 0 spiro atoms. The third kappa shape index (κ3) is 4.48. The molecule has 7 heteroatoms. The average Bonchev–Trinajstić information content (AvgIpc) is 3.06. The van der Waals surface area contributed by atoms with Crippen molar-refractivity contribution in [2.45, 2.75) is 25.5 Å². The number of amides is 1. The lowest BCUT2D eigenvalue weighted by atomic mass is 10.1. The molecule has 3 rings (SSSR count). The average molecular weight is 396 g/mol. The fraction of sp³-hybridized carbons (Fsp3) is 0.190. The van der Waals surface area contributed by atoms with Gasteiger partial charge in [-0.3, -0.25) is 9.36 Å². The number of carbonyl (C=O) groups excluding carboxylic acids is 1. The number of thioether (sulfide) groups is 1. The number of halogens is 1. The van der Waals surface area contributed by atoms with Crippen LogP contribution >= 0.6 is 11.8 Å². The smallest absolute Gasteiger partial charge is 0.234 e. The Balaban J connectivity index is 1.73. The first kappa shape index (κ1) is 19.8. The zero-order valence-corrected chi connectivity index (χ0v) is 16.6. The van der Waals surface area contributed by atoms with Crippen molar-refractivity contribution in [1.82, 2.24) is 14.8 Å². The van der Waals surface area contributed by atoms with Crippen molar-refractivity contribution in [2.24, 2.45) is 0 Å². The lowest BCUT2D eigenvalue weighted by Gasteiger charge is -2.10. The van der Waals surface area contributed by atoms with E-state index in [0.717, 1.165) is 17.0 Å². The van der Waals surface area contributed by atoms with Crippen LogP contribution in [-0.2, 0) is 11.3 Å². The van der Waals surface area contributed by atoms with E-state index in [0.29, 0.717) is 23.0 Å². The summed E-state index contributed by atoms with van der Waals surface area (Å²) in [7, 11) is 0. The van der Waals surface area contributed by atoms with Crippen LogP contribution in [0.25, 0.3) is 11.4 Å². The van der Waals surface area contributed by atoms with Gasteiger partial charge in [0, 0.05) is 17.8 Å². The van der Waals surface area contributed by atoms with Crippen LogP contribution in [0.5, 0.6) is 0 Å². The number of aryl methyl sites for hydroxylation is 2. The van der Waals surface area contributed by atoms with Crippen LogP contribution in [0.3, 0.4) is 0 Å². The van der Waals surface area contributed by atoms with Gasteiger partial charge in [-0.15, -0.1) is 16.8 Å². The fourth-order valence-electron chi connectivity index (χ4n) is 2.71. The molecule has 1 N–H and O–H groups in total. The number of nitrogens with zero attached hydrogens (tertiary/aromatic N) is 3. The van der Waals surface area contributed by atoms with Crippen molar-refractivity contribution in [3.05, 3.63) is 72.1 Å². The van der Waals surface area contributed by atoms with Crippen molar-refractivity contribution in [2.75, 3.05) is 11.1 Å². The molecule has 28 heavy (non-hydrogen) atoms. The van der Waals surface area contributed by atoms with Gasteiger partial charge in [-0.1, -0.05) is 48.2 Å². The summed E-state index contributed by atoms with van der Waals surface area (Å²) in [6.07, 6.45) is 1.77. The van der Waals surface area contributed by atoms with E-state index in [1.165, 1.54) is 17.8 Å². The van der Waals surface area contributed by atoms with Crippen LogP contribution < -0.4 is 5.32 Å². The normalized spacial score (nSPS) is 10.7. The van der Waals surface area contributed by atoms with Crippen LogP contribution in [0.2, 0.25) is 0 Å². The molecule has 0 unspecified atom stereocenters.